The summed E-state index contributed by atoms with van der Waals surface area (Å²) in [7, 11) is 0. The number of benzene rings is 1. The third-order valence-corrected chi connectivity index (χ3v) is 3.64. The number of nitro groups is 1. The van der Waals surface area contributed by atoms with E-state index in [9.17, 15) is 14.9 Å². The lowest BCUT2D eigenvalue weighted by atomic mass is 9.94. The van der Waals surface area contributed by atoms with E-state index in [1.54, 1.807) is 12.1 Å². The molecule has 8 heteroatoms. The van der Waals surface area contributed by atoms with Crippen LogP contribution in [0.25, 0.3) is 0 Å². The maximum Gasteiger partial charge on any atom is 0.269 e. The van der Waals surface area contributed by atoms with Crippen molar-refractivity contribution in [3.05, 3.63) is 39.9 Å². The van der Waals surface area contributed by atoms with Crippen LogP contribution in [0.5, 0.6) is 0 Å². The first-order valence-corrected chi connectivity index (χ1v) is 6.96. The highest BCUT2D eigenvalue weighted by Crippen LogP contribution is 2.17. The maximum atomic E-state index is 11.7. The fourth-order valence-corrected chi connectivity index (χ4v) is 2.33. The van der Waals surface area contributed by atoms with Crippen molar-refractivity contribution in [3.8, 4) is 6.07 Å². The molecule has 1 fully saturated rings. The fraction of sp³-hybridized carbons (Fsp3) is 0.429. The number of ketones is 1. The average Bonchev–Trinajstić information content (AvgIpc) is 2.89. The third-order valence-electron chi connectivity index (χ3n) is 3.64. The van der Waals surface area contributed by atoms with Gasteiger partial charge in [-0.05, 0) is 5.56 Å². The highest BCUT2D eigenvalue weighted by atomic mass is 16.6. The van der Waals surface area contributed by atoms with Crippen LogP contribution in [0.1, 0.15) is 18.4 Å². The molecule has 0 bridgehead atoms. The first kappa shape index (κ1) is 16.0. The number of nitriles is 1. The number of non-ortho nitro benzene ring substituents is 1. The van der Waals surface area contributed by atoms with E-state index < -0.39 is 10.5 Å². The van der Waals surface area contributed by atoms with E-state index in [4.69, 9.17) is 5.26 Å². The fourth-order valence-electron chi connectivity index (χ4n) is 2.33. The molecule has 1 heterocycles. The van der Waals surface area contributed by atoms with Gasteiger partial charge < -0.3 is 0 Å². The Morgan fingerprint density at radius 1 is 1.36 bits per heavy atom. The minimum absolute atomic E-state index is 0.0542. The van der Waals surface area contributed by atoms with Crippen LogP contribution >= 0.6 is 0 Å². The summed E-state index contributed by atoms with van der Waals surface area (Å²) in [6, 6.07) is 8.30. The topological polar surface area (TPSA) is 120 Å². The number of hydrogen-bond acceptors (Lipinski definition) is 7. The Labute approximate surface area is 127 Å². The molecule has 1 aliphatic heterocycles. The molecule has 22 heavy (non-hydrogen) atoms. The van der Waals surface area contributed by atoms with Gasteiger partial charge in [0.15, 0.2) is 11.3 Å². The minimum atomic E-state index is -1.07. The molecule has 8 nitrogen and oxygen atoms in total. The zero-order valence-corrected chi connectivity index (χ0v) is 12.0. The number of Topliss-reactive ketones (excluding diaryl/α,β-unsaturated/α-hetero) is 1. The number of carbonyl (C=O) groups is 1. The van der Waals surface area contributed by atoms with Crippen molar-refractivity contribution >= 4 is 11.5 Å². The largest absolute Gasteiger partial charge is 0.296 e. The smallest absolute Gasteiger partial charge is 0.269 e. The lowest BCUT2D eigenvalue weighted by Crippen LogP contribution is -2.47. The Kier molecular flexibility index (Phi) is 5.16. The Hall–Kier alpha value is -2.34. The summed E-state index contributed by atoms with van der Waals surface area (Å²) in [4.78, 5) is 21.8. The van der Waals surface area contributed by atoms with Crippen LogP contribution < -0.4 is 16.2 Å². The summed E-state index contributed by atoms with van der Waals surface area (Å²) >= 11 is 0. The van der Waals surface area contributed by atoms with Gasteiger partial charge in [0.2, 0.25) is 0 Å². The molecule has 1 atom stereocenters. The lowest BCUT2D eigenvalue weighted by Gasteiger charge is -2.19. The normalized spacial score (nSPS) is 20.8. The molecule has 0 aliphatic carbocycles. The SMILES string of the molecule is N#CC1(CCNNCc2ccc([N+](=O)[O-])cc2)NCCC1=O. The van der Waals surface area contributed by atoms with Crippen molar-refractivity contribution in [2.75, 3.05) is 13.1 Å². The quantitative estimate of drug-likeness (QED) is 0.379. The maximum absolute atomic E-state index is 11.7. The van der Waals surface area contributed by atoms with E-state index in [0.29, 0.717) is 32.5 Å². The van der Waals surface area contributed by atoms with E-state index in [1.165, 1.54) is 12.1 Å². The number of nitrogens with zero attached hydrogens (tertiary/aromatic N) is 2. The third kappa shape index (κ3) is 3.65. The molecule has 0 spiro atoms. The molecule has 0 radical (unpaired) electrons. The monoisotopic (exact) mass is 303 g/mol. The second kappa shape index (κ2) is 7.09. The summed E-state index contributed by atoms with van der Waals surface area (Å²) < 4.78 is 0. The molecule has 1 saturated heterocycles. The van der Waals surface area contributed by atoms with Gasteiger partial charge >= 0.3 is 0 Å². The zero-order chi connectivity index (χ0) is 16.0. The Morgan fingerprint density at radius 3 is 2.64 bits per heavy atom. The van der Waals surface area contributed by atoms with Crippen LogP contribution in [0.3, 0.4) is 0 Å². The molecular formula is C14H17N5O3. The number of hydrazine groups is 1. The molecule has 0 aromatic heterocycles. The van der Waals surface area contributed by atoms with E-state index in [-0.39, 0.29) is 11.5 Å². The minimum Gasteiger partial charge on any atom is -0.296 e. The molecular weight excluding hydrogens is 286 g/mol. The molecule has 1 unspecified atom stereocenters. The molecule has 1 aromatic carbocycles. The molecule has 116 valence electrons. The Bertz CT molecular complexity index is 595. The number of nitrogens with one attached hydrogen (secondary N) is 3. The van der Waals surface area contributed by atoms with Gasteiger partial charge in [-0.15, -0.1) is 0 Å². The van der Waals surface area contributed by atoms with E-state index in [1.807, 2.05) is 0 Å². The molecule has 1 aromatic rings. The van der Waals surface area contributed by atoms with Crippen molar-refractivity contribution in [1.29, 1.82) is 5.26 Å². The number of nitro benzene ring substituents is 1. The zero-order valence-electron chi connectivity index (χ0n) is 12.0. The second-order valence-corrected chi connectivity index (χ2v) is 5.07. The van der Waals surface area contributed by atoms with Gasteiger partial charge in [0.05, 0.1) is 11.0 Å². The number of rotatable bonds is 7. The van der Waals surface area contributed by atoms with Crippen LogP contribution in [0.15, 0.2) is 24.3 Å². The van der Waals surface area contributed by atoms with Gasteiger partial charge in [-0.3, -0.25) is 31.1 Å². The van der Waals surface area contributed by atoms with E-state index in [2.05, 4.69) is 22.2 Å². The summed E-state index contributed by atoms with van der Waals surface area (Å²) in [6.07, 6.45) is 0.777. The molecule has 0 amide bonds. The highest BCUT2D eigenvalue weighted by Gasteiger charge is 2.41. The standard InChI is InChI=1S/C14H17N5O3/c15-10-14(13(20)5-7-16-14)6-8-17-18-9-11-1-3-12(4-2-11)19(21)22/h1-4,16-18H,5-9H2. The first-order chi connectivity index (χ1) is 10.6. The van der Waals surface area contributed by atoms with Crippen LogP contribution in [0.4, 0.5) is 5.69 Å². The van der Waals surface area contributed by atoms with Gasteiger partial charge in [-0.2, -0.15) is 5.26 Å². The summed E-state index contributed by atoms with van der Waals surface area (Å²) in [6.45, 7) is 1.49. The summed E-state index contributed by atoms with van der Waals surface area (Å²) in [5, 5.41) is 22.6. The van der Waals surface area contributed by atoms with Gasteiger partial charge in [0.25, 0.3) is 5.69 Å². The van der Waals surface area contributed by atoms with Gasteiger partial charge in [-0.25, -0.2) is 0 Å². The van der Waals surface area contributed by atoms with Crippen molar-refractivity contribution < 1.29 is 9.72 Å². The van der Waals surface area contributed by atoms with Crippen molar-refractivity contribution in [3.63, 3.8) is 0 Å². The van der Waals surface area contributed by atoms with Crippen molar-refractivity contribution in [2.45, 2.75) is 24.9 Å². The Balaban J connectivity index is 1.72. The van der Waals surface area contributed by atoms with Gasteiger partial charge in [0.1, 0.15) is 0 Å². The number of carbonyl (C=O) groups excluding carboxylic acids is 1. The van der Waals surface area contributed by atoms with Crippen LogP contribution in [-0.2, 0) is 11.3 Å². The van der Waals surface area contributed by atoms with Crippen molar-refractivity contribution in [1.82, 2.24) is 16.2 Å². The average molecular weight is 303 g/mol. The molecule has 3 N–H and O–H groups in total. The Morgan fingerprint density at radius 2 is 2.09 bits per heavy atom. The molecule has 0 saturated carbocycles. The highest BCUT2D eigenvalue weighted by molar-refractivity contribution is 5.93. The van der Waals surface area contributed by atoms with Crippen LogP contribution in [0, 0.1) is 21.4 Å². The second-order valence-electron chi connectivity index (χ2n) is 5.07. The first-order valence-electron chi connectivity index (χ1n) is 6.96. The van der Waals surface area contributed by atoms with Gasteiger partial charge in [-0.1, -0.05) is 12.1 Å². The summed E-state index contributed by atoms with van der Waals surface area (Å²) in [5.41, 5.74) is 5.79. The summed E-state index contributed by atoms with van der Waals surface area (Å²) in [5.74, 6) is -0.0628. The van der Waals surface area contributed by atoms with Crippen LogP contribution in [0.2, 0.25) is 0 Å². The van der Waals surface area contributed by atoms with Gasteiger partial charge in [0, 0.05) is 44.6 Å². The van der Waals surface area contributed by atoms with E-state index in [0.717, 1.165) is 5.56 Å². The predicted octanol–water partition coefficient (Wildman–Crippen LogP) is 0.404. The van der Waals surface area contributed by atoms with E-state index >= 15 is 0 Å². The molecule has 1 aliphatic rings. The van der Waals surface area contributed by atoms with Crippen LogP contribution in [-0.4, -0.2) is 29.3 Å². The lowest BCUT2D eigenvalue weighted by molar-refractivity contribution is -0.384. The van der Waals surface area contributed by atoms with Crippen molar-refractivity contribution in [2.24, 2.45) is 0 Å². The number of hydrogen-bond donors (Lipinski definition) is 3. The molecule has 2 rings (SSSR count). The predicted molar refractivity (Wildman–Crippen MR) is 78.5 cm³/mol.